The molecule has 0 bridgehead atoms. The number of carbonyl (C=O) groups is 2. The summed E-state index contributed by atoms with van der Waals surface area (Å²) in [5.41, 5.74) is 0. The Balaban J connectivity index is 2.43. The van der Waals surface area contributed by atoms with E-state index in [0.29, 0.717) is 0 Å². The number of hydrogen-bond donors (Lipinski definition) is 0. The van der Waals surface area contributed by atoms with Crippen LogP contribution in [0.25, 0.3) is 0 Å². The van der Waals surface area contributed by atoms with Crippen molar-refractivity contribution in [3.8, 4) is 0 Å². The van der Waals surface area contributed by atoms with Gasteiger partial charge in [0.15, 0.2) is 0 Å². The maximum Gasteiger partial charge on any atom is 0.246 e. The molecule has 2 amide bonds. The zero-order valence-corrected chi connectivity index (χ0v) is 9.95. The number of nitrogens with zero attached hydrogens (tertiary/aromatic N) is 2. The van der Waals surface area contributed by atoms with E-state index in [4.69, 9.17) is 0 Å². The van der Waals surface area contributed by atoms with Gasteiger partial charge in [0.25, 0.3) is 0 Å². The summed E-state index contributed by atoms with van der Waals surface area (Å²) in [6.07, 6.45) is 5.78. The van der Waals surface area contributed by atoms with E-state index in [1.165, 1.54) is 23.8 Å². The molecule has 1 fully saturated rings. The minimum absolute atomic E-state index is 0.0413. The number of amides is 2. The molecule has 0 aliphatic carbocycles. The fourth-order valence-corrected chi connectivity index (χ4v) is 1.86. The van der Waals surface area contributed by atoms with Crippen molar-refractivity contribution < 1.29 is 9.59 Å². The fourth-order valence-electron chi connectivity index (χ4n) is 1.86. The maximum absolute atomic E-state index is 11.9. The predicted molar refractivity (Wildman–Crippen MR) is 62.9 cm³/mol. The standard InChI is InChI=1S/C12H20N2O2/c1-3-11(15)13(2)10-12(16)14-8-6-4-5-7-9-14/h3H,1,4-10H2,2H3. The molecule has 1 saturated heterocycles. The van der Waals surface area contributed by atoms with Gasteiger partial charge < -0.3 is 9.80 Å². The number of carbonyl (C=O) groups excluding carboxylic acids is 2. The van der Waals surface area contributed by atoms with Crippen LogP contribution in [0.1, 0.15) is 25.7 Å². The monoisotopic (exact) mass is 224 g/mol. The minimum atomic E-state index is -0.205. The fraction of sp³-hybridized carbons (Fsp3) is 0.667. The minimum Gasteiger partial charge on any atom is -0.341 e. The van der Waals surface area contributed by atoms with Crippen LogP contribution in [0.2, 0.25) is 0 Å². The van der Waals surface area contributed by atoms with E-state index in [1.54, 1.807) is 7.05 Å². The molecule has 0 aromatic heterocycles. The molecule has 0 radical (unpaired) electrons. The van der Waals surface area contributed by atoms with Gasteiger partial charge in [-0.3, -0.25) is 9.59 Å². The van der Waals surface area contributed by atoms with Gasteiger partial charge in [-0.15, -0.1) is 0 Å². The van der Waals surface area contributed by atoms with Gasteiger partial charge in [-0.25, -0.2) is 0 Å². The molecule has 16 heavy (non-hydrogen) atoms. The van der Waals surface area contributed by atoms with Gasteiger partial charge in [-0.1, -0.05) is 19.4 Å². The smallest absolute Gasteiger partial charge is 0.246 e. The Bertz CT molecular complexity index is 268. The van der Waals surface area contributed by atoms with Gasteiger partial charge in [0.2, 0.25) is 11.8 Å². The molecule has 1 rings (SSSR count). The maximum atomic E-state index is 11.9. The molecule has 0 atom stereocenters. The molecule has 1 aliphatic heterocycles. The van der Waals surface area contributed by atoms with Gasteiger partial charge in [0.1, 0.15) is 0 Å². The number of likely N-dealkylation sites (tertiary alicyclic amines) is 1. The Labute approximate surface area is 96.9 Å². The van der Waals surface area contributed by atoms with Crippen molar-refractivity contribution >= 4 is 11.8 Å². The number of likely N-dealkylation sites (N-methyl/N-ethyl adjacent to an activating group) is 1. The van der Waals surface area contributed by atoms with Gasteiger partial charge in [0, 0.05) is 20.1 Å². The third kappa shape index (κ3) is 3.68. The summed E-state index contributed by atoms with van der Waals surface area (Å²) in [4.78, 5) is 26.4. The quantitative estimate of drug-likeness (QED) is 0.672. The molecule has 0 saturated carbocycles. The lowest BCUT2D eigenvalue weighted by molar-refractivity contribution is -0.137. The van der Waals surface area contributed by atoms with E-state index in [-0.39, 0.29) is 18.4 Å². The van der Waals surface area contributed by atoms with E-state index in [1.807, 2.05) is 4.90 Å². The lowest BCUT2D eigenvalue weighted by Gasteiger charge is -2.23. The van der Waals surface area contributed by atoms with Crippen molar-refractivity contribution in [2.45, 2.75) is 25.7 Å². The Kier molecular flexibility index (Phi) is 5.02. The highest BCUT2D eigenvalue weighted by molar-refractivity contribution is 5.90. The number of hydrogen-bond acceptors (Lipinski definition) is 2. The Hall–Kier alpha value is -1.32. The van der Waals surface area contributed by atoms with Gasteiger partial charge in [-0.05, 0) is 18.9 Å². The largest absolute Gasteiger partial charge is 0.341 e. The summed E-state index contributed by atoms with van der Waals surface area (Å²) in [6.45, 7) is 5.21. The predicted octanol–water partition coefficient (Wildman–Crippen LogP) is 1.03. The van der Waals surface area contributed by atoms with E-state index in [2.05, 4.69) is 6.58 Å². The molecular formula is C12H20N2O2. The highest BCUT2D eigenvalue weighted by Gasteiger charge is 2.18. The average molecular weight is 224 g/mol. The van der Waals surface area contributed by atoms with Crippen LogP contribution < -0.4 is 0 Å². The second kappa shape index (κ2) is 6.30. The van der Waals surface area contributed by atoms with E-state index < -0.39 is 0 Å². The molecule has 0 N–H and O–H groups in total. The first kappa shape index (κ1) is 12.7. The molecule has 1 heterocycles. The molecule has 1 aliphatic rings. The molecule has 0 aromatic carbocycles. The summed E-state index contributed by atoms with van der Waals surface area (Å²) in [6, 6.07) is 0. The van der Waals surface area contributed by atoms with Crippen LogP contribution in [0.5, 0.6) is 0 Å². The molecule has 0 spiro atoms. The number of rotatable bonds is 3. The first-order chi connectivity index (χ1) is 7.65. The lowest BCUT2D eigenvalue weighted by Crippen LogP contribution is -2.41. The van der Waals surface area contributed by atoms with Crippen molar-refractivity contribution in [2.75, 3.05) is 26.7 Å². The summed E-state index contributed by atoms with van der Waals surface area (Å²) in [7, 11) is 1.62. The van der Waals surface area contributed by atoms with Crippen LogP contribution in [0.3, 0.4) is 0 Å². The molecular weight excluding hydrogens is 204 g/mol. The summed E-state index contributed by atoms with van der Waals surface area (Å²) >= 11 is 0. The van der Waals surface area contributed by atoms with Gasteiger partial charge in [0.05, 0.1) is 6.54 Å². The molecule has 90 valence electrons. The van der Waals surface area contributed by atoms with E-state index >= 15 is 0 Å². The van der Waals surface area contributed by atoms with Crippen LogP contribution in [0.4, 0.5) is 0 Å². The van der Waals surface area contributed by atoms with Crippen molar-refractivity contribution in [1.82, 2.24) is 9.80 Å². The Morgan fingerprint density at radius 3 is 2.31 bits per heavy atom. The summed E-state index contributed by atoms with van der Waals surface area (Å²) in [5, 5.41) is 0. The first-order valence-corrected chi connectivity index (χ1v) is 5.80. The van der Waals surface area contributed by atoms with Gasteiger partial charge >= 0.3 is 0 Å². The van der Waals surface area contributed by atoms with E-state index in [0.717, 1.165) is 25.9 Å². The molecule has 0 aromatic rings. The third-order valence-corrected chi connectivity index (χ3v) is 2.88. The lowest BCUT2D eigenvalue weighted by atomic mass is 10.2. The van der Waals surface area contributed by atoms with Crippen molar-refractivity contribution in [2.24, 2.45) is 0 Å². The Morgan fingerprint density at radius 1 is 1.25 bits per heavy atom. The molecule has 4 heteroatoms. The third-order valence-electron chi connectivity index (χ3n) is 2.88. The highest BCUT2D eigenvalue weighted by atomic mass is 16.2. The van der Waals surface area contributed by atoms with E-state index in [9.17, 15) is 9.59 Å². The van der Waals surface area contributed by atoms with Crippen LogP contribution >= 0.6 is 0 Å². The van der Waals surface area contributed by atoms with Crippen molar-refractivity contribution in [1.29, 1.82) is 0 Å². The van der Waals surface area contributed by atoms with Crippen LogP contribution in [-0.4, -0.2) is 48.3 Å². The zero-order valence-electron chi connectivity index (χ0n) is 9.95. The highest BCUT2D eigenvalue weighted by Crippen LogP contribution is 2.09. The molecule has 4 nitrogen and oxygen atoms in total. The second-order valence-corrected chi connectivity index (χ2v) is 4.19. The Morgan fingerprint density at radius 2 is 1.81 bits per heavy atom. The van der Waals surface area contributed by atoms with Crippen LogP contribution in [0.15, 0.2) is 12.7 Å². The van der Waals surface area contributed by atoms with Crippen LogP contribution in [0, 0.1) is 0 Å². The topological polar surface area (TPSA) is 40.6 Å². The SMILES string of the molecule is C=CC(=O)N(C)CC(=O)N1CCCCCC1. The second-order valence-electron chi connectivity index (χ2n) is 4.19. The summed E-state index contributed by atoms with van der Waals surface area (Å²) in [5.74, 6) is -0.164. The van der Waals surface area contributed by atoms with Crippen molar-refractivity contribution in [3.05, 3.63) is 12.7 Å². The normalized spacial score (nSPS) is 16.4. The van der Waals surface area contributed by atoms with Crippen LogP contribution in [-0.2, 0) is 9.59 Å². The van der Waals surface area contributed by atoms with Crippen molar-refractivity contribution in [3.63, 3.8) is 0 Å². The zero-order chi connectivity index (χ0) is 12.0. The first-order valence-electron chi connectivity index (χ1n) is 5.80. The molecule has 0 unspecified atom stereocenters. The summed E-state index contributed by atoms with van der Waals surface area (Å²) < 4.78 is 0. The van der Waals surface area contributed by atoms with Gasteiger partial charge in [-0.2, -0.15) is 0 Å². The average Bonchev–Trinajstić information content (AvgIpc) is 2.56.